The van der Waals surface area contributed by atoms with Gasteiger partial charge in [0.1, 0.15) is 0 Å². The maximum absolute atomic E-state index is 2.37. The lowest BCUT2D eigenvalue weighted by atomic mass is 10.0. The Morgan fingerprint density at radius 2 is 1.28 bits per heavy atom. The normalized spacial score (nSPS) is 10.5. The summed E-state index contributed by atoms with van der Waals surface area (Å²) in [6, 6.07) is 19.8. The summed E-state index contributed by atoms with van der Waals surface area (Å²) in [5, 5.41) is 0. The highest BCUT2D eigenvalue weighted by atomic mass is 14.0. The van der Waals surface area contributed by atoms with E-state index >= 15 is 0 Å². The predicted octanol–water partition coefficient (Wildman–Crippen LogP) is 4.81. The van der Waals surface area contributed by atoms with Crippen molar-refractivity contribution in [3.05, 3.63) is 71.3 Å². The molecule has 0 spiro atoms. The number of hydrogen-bond acceptors (Lipinski definition) is 0. The summed E-state index contributed by atoms with van der Waals surface area (Å²) < 4.78 is 0. The fourth-order valence-electron chi connectivity index (χ4n) is 2.25. The average molecular weight is 238 g/mol. The third-order valence-corrected chi connectivity index (χ3v) is 3.36. The summed E-state index contributed by atoms with van der Waals surface area (Å²) in [6.07, 6.45) is 6.06. The zero-order chi connectivity index (χ0) is 12.6. The van der Waals surface area contributed by atoms with Crippen LogP contribution in [0.1, 0.15) is 36.5 Å². The zero-order valence-electron chi connectivity index (χ0n) is 11.2. The molecule has 2 rings (SSSR count). The van der Waals surface area contributed by atoms with E-state index in [-0.39, 0.29) is 0 Å². The Balaban J connectivity index is 1.93. The van der Waals surface area contributed by atoms with Crippen molar-refractivity contribution in [3.8, 4) is 0 Å². The molecule has 0 aliphatic heterocycles. The van der Waals surface area contributed by atoms with E-state index in [4.69, 9.17) is 0 Å². The Bertz CT molecular complexity index is 456. The van der Waals surface area contributed by atoms with E-state index in [1.807, 2.05) is 0 Å². The molecule has 0 radical (unpaired) electrons. The summed E-state index contributed by atoms with van der Waals surface area (Å²) in [6.45, 7) is 2.25. The summed E-state index contributed by atoms with van der Waals surface area (Å²) in [7, 11) is 0. The quantitative estimate of drug-likeness (QED) is 0.677. The van der Waals surface area contributed by atoms with Gasteiger partial charge in [0.15, 0.2) is 0 Å². The Morgan fingerprint density at radius 1 is 0.667 bits per heavy atom. The molecule has 0 bridgehead atoms. The van der Waals surface area contributed by atoms with Crippen molar-refractivity contribution in [2.45, 2.75) is 39.0 Å². The number of unbranched alkanes of at least 4 members (excludes halogenated alkanes) is 1. The minimum atomic E-state index is 1.14. The molecule has 94 valence electrons. The van der Waals surface area contributed by atoms with Gasteiger partial charge in [-0.05, 0) is 42.4 Å². The molecule has 0 aliphatic carbocycles. The van der Waals surface area contributed by atoms with Crippen LogP contribution in [0.25, 0.3) is 0 Å². The van der Waals surface area contributed by atoms with Gasteiger partial charge >= 0.3 is 0 Å². The maximum atomic E-state index is 2.37. The predicted molar refractivity (Wildman–Crippen MR) is 78.9 cm³/mol. The van der Waals surface area contributed by atoms with Crippen LogP contribution in [0, 0.1) is 0 Å². The van der Waals surface area contributed by atoms with E-state index in [2.05, 4.69) is 61.5 Å². The minimum absolute atomic E-state index is 1.14. The van der Waals surface area contributed by atoms with Crippen molar-refractivity contribution in [2.75, 3.05) is 0 Å². The van der Waals surface area contributed by atoms with Crippen LogP contribution in [0.15, 0.2) is 54.6 Å². The second-order valence-corrected chi connectivity index (χ2v) is 4.91. The number of benzene rings is 2. The number of rotatable bonds is 6. The third kappa shape index (κ3) is 4.03. The summed E-state index contributed by atoms with van der Waals surface area (Å²) >= 11 is 0. The zero-order valence-corrected chi connectivity index (χ0v) is 11.2. The smallest absolute Gasteiger partial charge is 0.0238 e. The van der Waals surface area contributed by atoms with Crippen molar-refractivity contribution in [1.29, 1.82) is 0 Å². The molecule has 0 aliphatic rings. The van der Waals surface area contributed by atoms with Gasteiger partial charge in [-0.15, -0.1) is 0 Å². The van der Waals surface area contributed by atoms with Crippen LogP contribution in [0.5, 0.6) is 0 Å². The first-order valence-corrected chi connectivity index (χ1v) is 7.00. The van der Waals surface area contributed by atoms with Crippen LogP contribution >= 0.6 is 0 Å². The van der Waals surface area contributed by atoms with Crippen molar-refractivity contribution < 1.29 is 0 Å². The molecule has 0 fully saturated rings. The van der Waals surface area contributed by atoms with Crippen LogP contribution in [0.2, 0.25) is 0 Å². The van der Waals surface area contributed by atoms with Gasteiger partial charge in [-0.1, -0.05) is 67.9 Å². The highest BCUT2D eigenvalue weighted by Gasteiger charge is 1.98. The van der Waals surface area contributed by atoms with E-state index in [9.17, 15) is 0 Å². The summed E-state index contributed by atoms with van der Waals surface area (Å²) in [4.78, 5) is 0. The molecule has 2 aromatic rings. The monoisotopic (exact) mass is 238 g/mol. The van der Waals surface area contributed by atoms with Crippen molar-refractivity contribution >= 4 is 0 Å². The van der Waals surface area contributed by atoms with E-state index in [1.165, 1.54) is 36.0 Å². The second kappa shape index (κ2) is 7.00. The molecule has 0 N–H and O–H groups in total. The molecule has 0 amide bonds. The topological polar surface area (TPSA) is 0 Å². The molecule has 0 heterocycles. The fraction of sp³-hybridized carbons (Fsp3) is 0.333. The Kier molecular flexibility index (Phi) is 5.01. The first kappa shape index (κ1) is 12.9. The van der Waals surface area contributed by atoms with Crippen molar-refractivity contribution in [2.24, 2.45) is 0 Å². The lowest BCUT2D eigenvalue weighted by molar-refractivity contribution is 0.793. The molecule has 0 saturated carbocycles. The third-order valence-electron chi connectivity index (χ3n) is 3.36. The first-order chi connectivity index (χ1) is 8.88. The van der Waals surface area contributed by atoms with Crippen LogP contribution in [0.3, 0.4) is 0 Å². The van der Waals surface area contributed by atoms with Crippen LogP contribution < -0.4 is 0 Å². The standard InChI is InChI=1S/C18H22/c1-2-3-8-17-11-7-12-18(15-17)14-13-16-9-5-4-6-10-16/h4-7,9-12,15H,2-3,8,13-14H2,1H3. The van der Waals surface area contributed by atoms with Gasteiger partial charge in [-0.2, -0.15) is 0 Å². The van der Waals surface area contributed by atoms with E-state index in [1.54, 1.807) is 0 Å². The summed E-state index contributed by atoms with van der Waals surface area (Å²) in [5.74, 6) is 0. The van der Waals surface area contributed by atoms with Crippen LogP contribution in [-0.2, 0) is 19.3 Å². The maximum Gasteiger partial charge on any atom is -0.0238 e. The minimum Gasteiger partial charge on any atom is -0.0654 e. The Morgan fingerprint density at radius 3 is 2.00 bits per heavy atom. The van der Waals surface area contributed by atoms with Gasteiger partial charge in [0.25, 0.3) is 0 Å². The van der Waals surface area contributed by atoms with E-state index in [0.29, 0.717) is 0 Å². The van der Waals surface area contributed by atoms with E-state index in [0.717, 1.165) is 12.8 Å². The molecule has 0 unspecified atom stereocenters. The highest BCUT2D eigenvalue weighted by molar-refractivity contribution is 5.25. The molecule has 0 saturated heterocycles. The van der Waals surface area contributed by atoms with Gasteiger partial charge < -0.3 is 0 Å². The number of aryl methyl sites for hydroxylation is 3. The molecule has 0 aromatic heterocycles. The van der Waals surface area contributed by atoms with Crippen molar-refractivity contribution in [1.82, 2.24) is 0 Å². The number of hydrogen-bond donors (Lipinski definition) is 0. The molecule has 0 atom stereocenters. The largest absolute Gasteiger partial charge is 0.0654 e. The van der Waals surface area contributed by atoms with Gasteiger partial charge in [-0.25, -0.2) is 0 Å². The summed E-state index contributed by atoms with van der Waals surface area (Å²) in [5.41, 5.74) is 4.38. The van der Waals surface area contributed by atoms with Crippen molar-refractivity contribution in [3.63, 3.8) is 0 Å². The van der Waals surface area contributed by atoms with Gasteiger partial charge in [0.05, 0.1) is 0 Å². The van der Waals surface area contributed by atoms with Gasteiger partial charge in [-0.3, -0.25) is 0 Å². The van der Waals surface area contributed by atoms with Gasteiger partial charge in [0.2, 0.25) is 0 Å². The average Bonchev–Trinajstić information content (AvgIpc) is 2.44. The lowest BCUT2D eigenvalue weighted by Crippen LogP contribution is -1.93. The molecule has 0 heteroatoms. The molecule has 18 heavy (non-hydrogen) atoms. The Hall–Kier alpha value is -1.56. The molecular weight excluding hydrogens is 216 g/mol. The van der Waals surface area contributed by atoms with E-state index < -0.39 is 0 Å². The fourth-order valence-corrected chi connectivity index (χ4v) is 2.25. The highest BCUT2D eigenvalue weighted by Crippen LogP contribution is 2.11. The SMILES string of the molecule is CCCCc1cccc(CCc2ccccc2)c1. The van der Waals surface area contributed by atoms with Crippen LogP contribution in [0.4, 0.5) is 0 Å². The second-order valence-electron chi connectivity index (χ2n) is 4.91. The lowest BCUT2D eigenvalue weighted by Gasteiger charge is -2.05. The Labute approximate surface area is 111 Å². The molecule has 0 nitrogen and oxygen atoms in total. The molecular formula is C18H22. The van der Waals surface area contributed by atoms with Gasteiger partial charge in [0, 0.05) is 0 Å². The van der Waals surface area contributed by atoms with Crippen LogP contribution in [-0.4, -0.2) is 0 Å². The first-order valence-electron chi connectivity index (χ1n) is 7.00. The molecule has 2 aromatic carbocycles.